The maximum Gasteiger partial charge on any atom is 0.308 e. The second-order valence-corrected chi connectivity index (χ2v) is 11.1. The van der Waals surface area contributed by atoms with Crippen molar-refractivity contribution in [2.24, 2.45) is 5.92 Å². The molecule has 45 heavy (non-hydrogen) atoms. The van der Waals surface area contributed by atoms with Crippen molar-refractivity contribution in [1.29, 1.82) is 5.26 Å². The smallest absolute Gasteiger partial charge is 0.308 e. The Balaban J connectivity index is 1.11. The third-order valence-corrected chi connectivity index (χ3v) is 8.04. The van der Waals surface area contributed by atoms with Gasteiger partial charge in [0.15, 0.2) is 5.58 Å². The Morgan fingerprint density at radius 3 is 2.64 bits per heavy atom. The molecule has 0 radical (unpaired) electrons. The number of hydroxylamine groups is 1. The minimum absolute atomic E-state index is 0.0911. The highest BCUT2D eigenvalue weighted by atomic mass is 16.7. The molecule has 0 bridgehead atoms. The average molecular weight is 607 g/mol. The van der Waals surface area contributed by atoms with Gasteiger partial charge >= 0.3 is 5.97 Å². The molecule has 2 amide bonds. The van der Waals surface area contributed by atoms with Crippen LogP contribution in [-0.2, 0) is 25.6 Å². The Bertz CT molecular complexity index is 1860. The summed E-state index contributed by atoms with van der Waals surface area (Å²) < 4.78 is 5.85. The molecular weight excluding hydrogens is 576 g/mol. The minimum atomic E-state index is -0.968. The molecule has 12 nitrogen and oxygen atoms in total. The lowest BCUT2D eigenvalue weighted by Gasteiger charge is -2.20. The number of likely N-dealkylation sites (N-methyl/N-ethyl adjacent to an activating group) is 1. The number of nitrogens with one attached hydrogen (secondary N) is 2. The van der Waals surface area contributed by atoms with Crippen molar-refractivity contribution in [3.63, 3.8) is 0 Å². The Morgan fingerprint density at radius 2 is 1.93 bits per heavy atom. The van der Waals surface area contributed by atoms with Gasteiger partial charge in [-0.15, -0.1) is 0 Å². The number of carboxylic acids is 1. The Hall–Kier alpha value is -5.67. The molecule has 3 heterocycles. The van der Waals surface area contributed by atoms with E-state index in [0.29, 0.717) is 33.7 Å². The summed E-state index contributed by atoms with van der Waals surface area (Å²) in [6, 6.07) is 21.9. The molecule has 1 fully saturated rings. The largest absolute Gasteiger partial charge is 0.481 e. The molecule has 2 aliphatic heterocycles. The number of oxazole rings is 1. The number of nitrogens with zero attached hydrogens (tertiary/aromatic N) is 4. The molecule has 3 atom stereocenters. The second kappa shape index (κ2) is 12.1. The van der Waals surface area contributed by atoms with E-state index in [1.165, 1.54) is 4.90 Å². The van der Waals surface area contributed by atoms with Gasteiger partial charge in [0.25, 0.3) is 11.9 Å². The molecule has 0 saturated carbocycles. The van der Waals surface area contributed by atoms with Gasteiger partial charge in [-0.3, -0.25) is 24.7 Å². The number of amides is 2. The lowest BCUT2D eigenvalue weighted by atomic mass is 9.89. The van der Waals surface area contributed by atoms with Crippen LogP contribution in [0.5, 0.6) is 0 Å². The summed E-state index contributed by atoms with van der Waals surface area (Å²) in [4.78, 5) is 50.9. The van der Waals surface area contributed by atoms with Crippen LogP contribution in [0.25, 0.3) is 11.1 Å². The molecule has 228 valence electrons. The van der Waals surface area contributed by atoms with E-state index in [1.54, 1.807) is 73.5 Å². The first-order valence-corrected chi connectivity index (χ1v) is 14.4. The molecule has 3 unspecified atom stereocenters. The predicted molar refractivity (Wildman–Crippen MR) is 164 cm³/mol. The Morgan fingerprint density at radius 1 is 1.13 bits per heavy atom. The van der Waals surface area contributed by atoms with Gasteiger partial charge in [0.05, 0.1) is 24.0 Å². The molecule has 2 aliphatic rings. The first-order valence-electron chi connectivity index (χ1n) is 14.4. The number of carbonyl (C=O) groups excluding carboxylic acids is 2. The predicted octanol–water partition coefficient (Wildman–Crippen LogP) is 4.08. The fourth-order valence-corrected chi connectivity index (χ4v) is 5.61. The zero-order valence-corrected chi connectivity index (χ0v) is 24.6. The van der Waals surface area contributed by atoms with E-state index in [0.717, 1.165) is 11.1 Å². The number of carbonyl (C=O) groups is 3. The van der Waals surface area contributed by atoms with Crippen molar-refractivity contribution in [3.8, 4) is 6.07 Å². The highest BCUT2D eigenvalue weighted by Gasteiger charge is 2.41. The summed E-state index contributed by atoms with van der Waals surface area (Å²) in [6.45, 7) is 2.14. The number of nitriles is 1. The van der Waals surface area contributed by atoms with E-state index < -0.39 is 17.8 Å². The molecule has 3 N–H and O–H groups in total. The Labute approximate surface area is 258 Å². The summed E-state index contributed by atoms with van der Waals surface area (Å²) in [5, 5.41) is 22.1. The lowest BCUT2D eigenvalue weighted by Crippen LogP contribution is -2.34. The van der Waals surface area contributed by atoms with Crippen LogP contribution in [0.2, 0.25) is 0 Å². The number of anilines is 3. The van der Waals surface area contributed by atoms with Gasteiger partial charge < -0.3 is 24.6 Å². The van der Waals surface area contributed by atoms with Gasteiger partial charge in [-0.05, 0) is 66.6 Å². The van der Waals surface area contributed by atoms with Crippen LogP contribution in [0.15, 0.2) is 82.9 Å². The van der Waals surface area contributed by atoms with E-state index in [2.05, 4.69) is 21.9 Å². The number of carboxylic acid groups (broad SMARTS) is 1. The van der Waals surface area contributed by atoms with Crippen LogP contribution in [-0.4, -0.2) is 59.0 Å². The lowest BCUT2D eigenvalue weighted by molar-refractivity contribution is -0.141. The fraction of sp³-hybridized carbons (Fsp3) is 0.242. The van der Waals surface area contributed by atoms with Crippen LogP contribution in [0.3, 0.4) is 0 Å². The number of hydrogen-bond acceptors (Lipinski definition) is 9. The van der Waals surface area contributed by atoms with Crippen molar-refractivity contribution >= 4 is 46.3 Å². The number of aliphatic carboxylic acids is 1. The quantitative estimate of drug-likeness (QED) is 0.267. The van der Waals surface area contributed by atoms with Gasteiger partial charge in [-0.25, -0.2) is 0 Å². The molecule has 0 spiro atoms. The third-order valence-electron chi connectivity index (χ3n) is 8.04. The number of aromatic nitrogens is 1. The van der Waals surface area contributed by atoms with Crippen molar-refractivity contribution in [2.75, 3.05) is 30.4 Å². The maximum atomic E-state index is 13.2. The van der Waals surface area contributed by atoms with Crippen LogP contribution in [0, 0.1) is 17.2 Å². The summed E-state index contributed by atoms with van der Waals surface area (Å²) in [6.07, 6.45) is 1.55. The summed E-state index contributed by atoms with van der Waals surface area (Å²) in [5.41, 5.74) is 7.43. The topological polar surface area (TPSA) is 161 Å². The zero-order valence-electron chi connectivity index (χ0n) is 24.6. The van der Waals surface area contributed by atoms with Gasteiger partial charge in [0, 0.05) is 37.4 Å². The molecule has 6 rings (SSSR count). The van der Waals surface area contributed by atoms with Crippen LogP contribution in [0.4, 0.5) is 17.4 Å². The molecule has 3 aromatic carbocycles. The first kappa shape index (κ1) is 29.4. The van der Waals surface area contributed by atoms with Crippen molar-refractivity contribution in [1.82, 2.24) is 15.4 Å². The molecule has 12 heteroatoms. The van der Waals surface area contributed by atoms with Crippen LogP contribution < -0.4 is 15.7 Å². The van der Waals surface area contributed by atoms with E-state index >= 15 is 0 Å². The number of likely N-dealkylation sites (tertiary alicyclic amines) is 1. The third kappa shape index (κ3) is 6.20. The molecule has 4 aromatic rings. The van der Waals surface area contributed by atoms with E-state index in [-0.39, 0.29) is 43.4 Å². The highest BCUT2D eigenvalue weighted by molar-refractivity contribution is 5.95. The van der Waals surface area contributed by atoms with Gasteiger partial charge in [-0.1, -0.05) is 24.3 Å². The Kier molecular flexibility index (Phi) is 7.93. The van der Waals surface area contributed by atoms with E-state index in [1.807, 2.05) is 18.2 Å². The second-order valence-electron chi connectivity index (χ2n) is 11.1. The molecular formula is C33H30N6O6. The van der Waals surface area contributed by atoms with Crippen molar-refractivity contribution in [2.45, 2.75) is 25.4 Å². The standard InChI is InChI=1S/C33H30N6O6/c1-19-12-28(37-45-19)31(41)39-17-25(26(18-39)32(42)43)22-7-9-24(10-8-22)38(2)30(40)15-20-6-11-27-29(14-20)44-33(36-27)35-23-5-3-4-21(13-23)16-34/h3-14,19,25-26,37H,15,17-18H2,1-2H3,(H,35,36)(H,42,43). The van der Waals surface area contributed by atoms with Gasteiger partial charge in [-0.2, -0.15) is 10.2 Å². The summed E-state index contributed by atoms with van der Waals surface area (Å²) >= 11 is 0. The van der Waals surface area contributed by atoms with E-state index in [9.17, 15) is 19.5 Å². The highest BCUT2D eigenvalue weighted by Crippen LogP contribution is 2.35. The zero-order chi connectivity index (χ0) is 31.7. The number of benzene rings is 3. The van der Waals surface area contributed by atoms with Gasteiger partial charge in [0.1, 0.15) is 17.3 Å². The number of fused-ring (bicyclic) bond motifs is 1. The number of rotatable bonds is 8. The molecule has 0 aliphatic carbocycles. The minimum Gasteiger partial charge on any atom is -0.481 e. The van der Waals surface area contributed by atoms with Crippen molar-refractivity contribution in [3.05, 3.63) is 95.2 Å². The van der Waals surface area contributed by atoms with E-state index in [4.69, 9.17) is 14.5 Å². The SMILES string of the molecule is CC1C=C(C(=O)N2CC(C(=O)O)C(c3ccc(N(C)C(=O)Cc4ccc5nc(Nc6cccc(C#N)c6)oc5c4)cc3)C2)NO1. The normalized spacial score (nSPS) is 19.1. The van der Waals surface area contributed by atoms with Crippen LogP contribution in [0.1, 0.15) is 29.5 Å². The van der Waals surface area contributed by atoms with Gasteiger partial charge in [0.2, 0.25) is 5.91 Å². The fourth-order valence-electron chi connectivity index (χ4n) is 5.61. The number of hydrogen-bond donors (Lipinski definition) is 3. The molecule has 1 saturated heterocycles. The summed E-state index contributed by atoms with van der Waals surface area (Å²) in [5.74, 6) is -2.57. The average Bonchev–Trinajstić information content (AvgIpc) is 3.78. The maximum absolute atomic E-state index is 13.2. The van der Waals surface area contributed by atoms with Crippen molar-refractivity contribution < 1.29 is 28.7 Å². The monoisotopic (exact) mass is 606 g/mol. The summed E-state index contributed by atoms with van der Waals surface area (Å²) in [7, 11) is 1.68. The first-order chi connectivity index (χ1) is 21.7. The molecule has 1 aromatic heterocycles. The van der Waals surface area contributed by atoms with Crippen LogP contribution >= 0.6 is 0 Å².